The number of hydrogen-bond donors (Lipinski definition) is 1. The molecule has 1 aromatic rings. The van der Waals surface area contributed by atoms with Crippen molar-refractivity contribution in [2.75, 3.05) is 13.1 Å². The molecule has 1 N–H and O–H groups in total. The molecule has 2 aliphatic heterocycles. The van der Waals surface area contributed by atoms with Crippen molar-refractivity contribution in [1.29, 1.82) is 0 Å². The summed E-state index contributed by atoms with van der Waals surface area (Å²) in [6.07, 6.45) is 0. The first kappa shape index (κ1) is 13.6. The van der Waals surface area contributed by atoms with Crippen LogP contribution in [0.1, 0.15) is 29.8 Å². The molecule has 0 aromatic heterocycles. The van der Waals surface area contributed by atoms with Gasteiger partial charge in [0.1, 0.15) is 5.82 Å². The molecule has 1 saturated heterocycles. The fraction of sp³-hybridized carbons (Fsp3) is 0.500. The second-order valence-electron chi connectivity index (χ2n) is 5.82. The number of rotatable bonds is 1. The van der Waals surface area contributed by atoms with Crippen LogP contribution in [-0.2, 0) is 11.3 Å². The Morgan fingerprint density at radius 2 is 2.05 bits per heavy atom. The summed E-state index contributed by atoms with van der Waals surface area (Å²) in [5.41, 5.74) is 0.786. The van der Waals surface area contributed by atoms with Crippen molar-refractivity contribution in [1.82, 2.24) is 4.90 Å². The van der Waals surface area contributed by atoms with Gasteiger partial charge in [0, 0.05) is 18.7 Å². The van der Waals surface area contributed by atoms with Crippen LogP contribution < -0.4 is 5.46 Å². The summed E-state index contributed by atoms with van der Waals surface area (Å²) in [5.74, 6) is 0.0299. The highest BCUT2D eigenvalue weighted by atomic mass is 19.1. The third-order valence-electron chi connectivity index (χ3n) is 4.44. The molecular formula is C14H17BFNO3. The summed E-state index contributed by atoms with van der Waals surface area (Å²) < 4.78 is 19.4. The maximum absolute atomic E-state index is 14.4. The fourth-order valence-corrected chi connectivity index (χ4v) is 2.90. The van der Waals surface area contributed by atoms with E-state index in [-0.39, 0.29) is 18.1 Å². The van der Waals surface area contributed by atoms with Gasteiger partial charge in [-0.3, -0.25) is 4.79 Å². The van der Waals surface area contributed by atoms with E-state index >= 15 is 0 Å². The quantitative estimate of drug-likeness (QED) is 0.771. The van der Waals surface area contributed by atoms with Crippen molar-refractivity contribution in [3.63, 3.8) is 0 Å². The minimum Gasteiger partial charge on any atom is -0.423 e. The number of nitrogens with zero attached hydrogens (tertiary/aromatic N) is 1. The summed E-state index contributed by atoms with van der Waals surface area (Å²) >= 11 is 0. The maximum Gasteiger partial charge on any atom is 0.491 e. The van der Waals surface area contributed by atoms with E-state index in [0.29, 0.717) is 36.0 Å². The lowest BCUT2D eigenvalue weighted by molar-refractivity contribution is 0.0780. The number of carbonyl (C=O) groups is 1. The Morgan fingerprint density at radius 1 is 1.40 bits per heavy atom. The zero-order valence-corrected chi connectivity index (χ0v) is 11.6. The van der Waals surface area contributed by atoms with Crippen LogP contribution in [0.15, 0.2) is 12.1 Å². The molecule has 2 unspecified atom stereocenters. The zero-order chi connectivity index (χ0) is 14.4. The monoisotopic (exact) mass is 277 g/mol. The molecule has 0 saturated carbocycles. The van der Waals surface area contributed by atoms with Crippen LogP contribution in [-0.4, -0.2) is 36.0 Å². The number of amides is 1. The van der Waals surface area contributed by atoms with Crippen molar-refractivity contribution in [3.05, 3.63) is 29.1 Å². The lowest BCUT2D eigenvalue weighted by Crippen LogP contribution is -2.32. The highest BCUT2D eigenvalue weighted by Gasteiger charge is 2.35. The Morgan fingerprint density at radius 3 is 2.70 bits per heavy atom. The molecular weight excluding hydrogens is 260 g/mol. The lowest BCUT2D eigenvalue weighted by atomic mass is 9.79. The van der Waals surface area contributed by atoms with E-state index in [1.54, 1.807) is 11.0 Å². The van der Waals surface area contributed by atoms with Gasteiger partial charge in [0.15, 0.2) is 0 Å². The molecule has 0 bridgehead atoms. The highest BCUT2D eigenvalue weighted by molar-refractivity contribution is 6.61. The summed E-state index contributed by atoms with van der Waals surface area (Å²) in [6.45, 7) is 5.53. The lowest BCUT2D eigenvalue weighted by Gasteiger charge is -2.17. The normalized spacial score (nSPS) is 25.2. The second-order valence-corrected chi connectivity index (χ2v) is 5.82. The van der Waals surface area contributed by atoms with Gasteiger partial charge in [-0.1, -0.05) is 19.9 Å². The minimum absolute atomic E-state index is 0.0102. The van der Waals surface area contributed by atoms with E-state index in [9.17, 15) is 14.2 Å². The van der Waals surface area contributed by atoms with Crippen LogP contribution in [0, 0.1) is 17.7 Å². The fourth-order valence-electron chi connectivity index (χ4n) is 2.90. The average Bonchev–Trinajstić information content (AvgIpc) is 2.95. The summed E-state index contributed by atoms with van der Waals surface area (Å²) in [7, 11) is -1.09. The zero-order valence-electron chi connectivity index (χ0n) is 11.6. The predicted octanol–water partition coefficient (Wildman–Crippen LogP) is 0.771. The Hall–Kier alpha value is -1.40. The Bertz CT molecular complexity index is 556. The molecule has 0 spiro atoms. The van der Waals surface area contributed by atoms with Crippen LogP contribution in [0.3, 0.4) is 0 Å². The van der Waals surface area contributed by atoms with E-state index in [1.165, 1.54) is 6.07 Å². The van der Waals surface area contributed by atoms with Gasteiger partial charge in [-0.25, -0.2) is 4.39 Å². The molecule has 2 atom stereocenters. The van der Waals surface area contributed by atoms with Crippen LogP contribution in [0.4, 0.5) is 4.39 Å². The third kappa shape index (κ3) is 2.03. The molecule has 4 nitrogen and oxygen atoms in total. The molecule has 20 heavy (non-hydrogen) atoms. The minimum atomic E-state index is -1.09. The van der Waals surface area contributed by atoms with Crippen LogP contribution >= 0.6 is 0 Å². The Kier molecular flexibility index (Phi) is 3.30. The van der Waals surface area contributed by atoms with Gasteiger partial charge in [-0.2, -0.15) is 0 Å². The number of likely N-dealkylation sites (tertiary alicyclic amines) is 1. The molecule has 0 aliphatic carbocycles. The van der Waals surface area contributed by atoms with Crippen LogP contribution in [0.25, 0.3) is 0 Å². The topological polar surface area (TPSA) is 49.8 Å². The number of halogens is 1. The Labute approximate surface area is 117 Å². The molecule has 1 aromatic carbocycles. The van der Waals surface area contributed by atoms with Gasteiger partial charge < -0.3 is 14.6 Å². The summed E-state index contributed by atoms with van der Waals surface area (Å²) in [4.78, 5) is 14.1. The first-order valence-electron chi connectivity index (χ1n) is 6.89. The summed E-state index contributed by atoms with van der Waals surface area (Å²) in [5, 5.41) is 9.53. The highest BCUT2D eigenvalue weighted by Crippen LogP contribution is 2.25. The van der Waals surface area contributed by atoms with Crippen molar-refractivity contribution in [2.24, 2.45) is 11.8 Å². The van der Waals surface area contributed by atoms with Gasteiger partial charge >= 0.3 is 7.12 Å². The first-order valence-corrected chi connectivity index (χ1v) is 6.89. The van der Waals surface area contributed by atoms with Gasteiger partial charge in [-0.05, 0) is 23.4 Å². The number of hydrogen-bond acceptors (Lipinski definition) is 3. The SMILES string of the molecule is CC1CN(C(=O)c2ccc3c(c2F)COB3O)CC1C. The van der Waals surface area contributed by atoms with Gasteiger partial charge in [0.2, 0.25) is 0 Å². The van der Waals surface area contributed by atoms with Crippen LogP contribution in [0.5, 0.6) is 0 Å². The maximum atomic E-state index is 14.4. The molecule has 3 rings (SSSR count). The third-order valence-corrected chi connectivity index (χ3v) is 4.44. The van der Waals surface area contributed by atoms with Gasteiger partial charge in [0.25, 0.3) is 5.91 Å². The van der Waals surface area contributed by atoms with E-state index in [4.69, 9.17) is 4.65 Å². The van der Waals surface area contributed by atoms with Crippen molar-refractivity contribution < 1.29 is 18.9 Å². The molecule has 106 valence electrons. The van der Waals surface area contributed by atoms with Crippen molar-refractivity contribution >= 4 is 18.5 Å². The van der Waals surface area contributed by atoms with Gasteiger partial charge in [0.05, 0.1) is 12.2 Å². The van der Waals surface area contributed by atoms with E-state index in [2.05, 4.69) is 13.8 Å². The number of carbonyl (C=O) groups excluding carboxylic acids is 1. The van der Waals surface area contributed by atoms with Gasteiger partial charge in [-0.15, -0.1) is 0 Å². The van der Waals surface area contributed by atoms with E-state index < -0.39 is 12.9 Å². The Balaban J connectivity index is 1.90. The largest absolute Gasteiger partial charge is 0.491 e. The molecule has 1 amide bonds. The smallest absolute Gasteiger partial charge is 0.423 e. The average molecular weight is 277 g/mol. The van der Waals surface area contributed by atoms with Crippen molar-refractivity contribution in [3.8, 4) is 0 Å². The standard InChI is InChI=1S/C14H17BFNO3/c1-8-5-17(6-9(8)2)14(18)10-3-4-12-11(13(10)16)7-20-15(12)19/h3-4,8-9,19H,5-7H2,1-2H3. The molecule has 2 heterocycles. The van der Waals surface area contributed by atoms with Crippen LogP contribution in [0.2, 0.25) is 0 Å². The van der Waals surface area contributed by atoms with E-state index in [1.807, 2.05) is 0 Å². The number of benzene rings is 1. The number of fused-ring (bicyclic) bond motifs is 1. The molecule has 1 fully saturated rings. The molecule has 6 heteroatoms. The molecule has 0 radical (unpaired) electrons. The predicted molar refractivity (Wildman–Crippen MR) is 73.0 cm³/mol. The molecule has 2 aliphatic rings. The second kappa shape index (κ2) is 4.86. The first-order chi connectivity index (χ1) is 9.49. The van der Waals surface area contributed by atoms with E-state index in [0.717, 1.165) is 0 Å². The summed E-state index contributed by atoms with van der Waals surface area (Å²) in [6, 6.07) is 3.02. The van der Waals surface area contributed by atoms with Crippen molar-refractivity contribution in [2.45, 2.75) is 20.5 Å².